The van der Waals surface area contributed by atoms with E-state index in [9.17, 15) is 9.59 Å². The molecule has 0 aliphatic carbocycles. The molecule has 2 aromatic carbocycles. The first-order valence-electron chi connectivity index (χ1n) is 12.6. The average Bonchev–Trinajstić information content (AvgIpc) is 3.42. The Morgan fingerprint density at radius 3 is 2.36 bits per heavy atom. The lowest BCUT2D eigenvalue weighted by molar-refractivity contribution is -0.129. The summed E-state index contributed by atoms with van der Waals surface area (Å²) in [4.78, 5) is 31.3. The van der Waals surface area contributed by atoms with Gasteiger partial charge >= 0.3 is 0 Å². The summed E-state index contributed by atoms with van der Waals surface area (Å²) in [5.41, 5.74) is 4.20. The van der Waals surface area contributed by atoms with Crippen molar-refractivity contribution in [1.29, 1.82) is 5.26 Å². The lowest BCUT2D eigenvalue weighted by Gasteiger charge is -2.21. The molecule has 2 atom stereocenters. The van der Waals surface area contributed by atoms with Gasteiger partial charge in [0.1, 0.15) is 18.4 Å². The summed E-state index contributed by atoms with van der Waals surface area (Å²) < 4.78 is 1.59. The number of likely N-dealkylation sites (N-methyl/N-ethyl adjacent to an activating group) is 1. The molecule has 9 nitrogen and oxygen atoms in total. The Balaban J connectivity index is 1.42. The molecule has 39 heavy (non-hydrogen) atoms. The molecule has 0 unspecified atom stereocenters. The first kappa shape index (κ1) is 27.2. The number of pyridine rings is 1. The number of benzene rings is 2. The predicted octanol–water partition coefficient (Wildman–Crippen LogP) is 3.98. The molecule has 0 aliphatic rings. The number of aromatic nitrogens is 3. The summed E-state index contributed by atoms with van der Waals surface area (Å²) in [6.07, 6.45) is 5.15. The van der Waals surface area contributed by atoms with Gasteiger partial charge in [0.25, 0.3) is 0 Å². The third-order valence-electron chi connectivity index (χ3n) is 6.41. The van der Waals surface area contributed by atoms with Crippen LogP contribution in [0, 0.1) is 11.3 Å². The molecule has 0 saturated heterocycles. The van der Waals surface area contributed by atoms with Gasteiger partial charge in [0.05, 0.1) is 17.8 Å². The average molecular weight is 522 g/mol. The Bertz CT molecular complexity index is 1440. The zero-order valence-electron chi connectivity index (χ0n) is 22.2. The zero-order valence-corrected chi connectivity index (χ0v) is 22.2. The van der Waals surface area contributed by atoms with E-state index in [0.717, 1.165) is 22.3 Å². The van der Waals surface area contributed by atoms with Gasteiger partial charge < -0.3 is 15.5 Å². The van der Waals surface area contributed by atoms with Crippen molar-refractivity contribution in [3.05, 3.63) is 102 Å². The number of nitriles is 1. The number of carbonyl (C=O) groups excluding carboxylic acids is 2. The monoisotopic (exact) mass is 521 g/mol. The Morgan fingerprint density at radius 2 is 1.72 bits per heavy atom. The topological polar surface area (TPSA) is 116 Å². The highest BCUT2D eigenvalue weighted by Crippen LogP contribution is 2.22. The minimum Gasteiger partial charge on any atom is -0.347 e. The summed E-state index contributed by atoms with van der Waals surface area (Å²) in [5, 5.41) is 19.6. The van der Waals surface area contributed by atoms with E-state index in [1.807, 2.05) is 48.5 Å². The van der Waals surface area contributed by atoms with E-state index in [2.05, 4.69) is 33.7 Å². The second-order valence-electron chi connectivity index (χ2n) is 9.52. The molecule has 0 spiro atoms. The van der Waals surface area contributed by atoms with Crippen LogP contribution in [-0.4, -0.2) is 52.1 Å². The van der Waals surface area contributed by atoms with Crippen LogP contribution >= 0.6 is 0 Å². The molecular weight excluding hydrogens is 490 g/mol. The molecule has 2 heterocycles. The van der Waals surface area contributed by atoms with E-state index < -0.39 is 6.04 Å². The molecule has 0 radical (unpaired) electrons. The molecule has 2 amide bonds. The first-order valence-corrected chi connectivity index (χ1v) is 12.6. The van der Waals surface area contributed by atoms with Crippen LogP contribution < -0.4 is 10.6 Å². The van der Waals surface area contributed by atoms with Crippen LogP contribution in [0.2, 0.25) is 0 Å². The zero-order chi connectivity index (χ0) is 27.8. The molecule has 0 bridgehead atoms. The number of anilines is 1. The summed E-state index contributed by atoms with van der Waals surface area (Å²) in [5.74, 6) is 0.294. The standard InChI is InChI=1S/C30H31N7O2/c1-21(23-11-9-22(15-31)10-12-23)16-33-29(24-7-5-4-6-8-24)30(39)35-27-14-13-25(17-32-27)26-18-34-37(19-26)20-28(38)36(2)3/h4-14,17-19,21,29,33H,16,20H2,1-3H3,(H,32,35,39)/t21-,29+/m1/s1. The summed E-state index contributed by atoms with van der Waals surface area (Å²) in [6, 6.07) is 22.2. The van der Waals surface area contributed by atoms with Crippen molar-refractivity contribution < 1.29 is 9.59 Å². The number of carbonyl (C=O) groups is 2. The van der Waals surface area contributed by atoms with Crippen LogP contribution in [0.5, 0.6) is 0 Å². The number of nitrogens with zero attached hydrogens (tertiary/aromatic N) is 5. The molecule has 198 valence electrons. The number of nitrogens with one attached hydrogen (secondary N) is 2. The number of hydrogen-bond donors (Lipinski definition) is 2. The van der Waals surface area contributed by atoms with Crippen LogP contribution in [0.3, 0.4) is 0 Å². The molecule has 4 rings (SSSR count). The number of hydrogen-bond acceptors (Lipinski definition) is 6. The fourth-order valence-electron chi connectivity index (χ4n) is 4.02. The van der Waals surface area contributed by atoms with Gasteiger partial charge in [-0.05, 0) is 41.3 Å². The number of rotatable bonds is 10. The molecule has 2 N–H and O–H groups in total. The third-order valence-corrected chi connectivity index (χ3v) is 6.41. The van der Waals surface area contributed by atoms with Gasteiger partial charge in [-0.2, -0.15) is 10.4 Å². The highest BCUT2D eigenvalue weighted by atomic mass is 16.2. The first-order chi connectivity index (χ1) is 18.8. The Morgan fingerprint density at radius 1 is 0.974 bits per heavy atom. The summed E-state index contributed by atoms with van der Waals surface area (Å²) in [7, 11) is 3.41. The van der Waals surface area contributed by atoms with Crippen molar-refractivity contribution in [3.63, 3.8) is 0 Å². The van der Waals surface area contributed by atoms with Crippen molar-refractivity contribution in [1.82, 2.24) is 25.0 Å². The predicted molar refractivity (Wildman–Crippen MR) is 150 cm³/mol. The van der Waals surface area contributed by atoms with Crippen molar-refractivity contribution in [2.45, 2.75) is 25.4 Å². The molecule has 0 fully saturated rings. The number of amides is 2. The molecule has 0 saturated carbocycles. The minimum absolute atomic E-state index is 0.0475. The quantitative estimate of drug-likeness (QED) is 0.326. The van der Waals surface area contributed by atoms with E-state index >= 15 is 0 Å². The SMILES string of the molecule is C[C@H](CN[C@H](C(=O)Nc1ccc(-c2cnn(CC(=O)N(C)C)c2)cn1)c1ccccc1)c1ccc(C#N)cc1. The van der Waals surface area contributed by atoms with Crippen LogP contribution in [0.1, 0.15) is 35.6 Å². The van der Waals surface area contributed by atoms with Gasteiger partial charge in [-0.15, -0.1) is 0 Å². The fraction of sp³-hybridized carbons (Fsp3) is 0.233. The van der Waals surface area contributed by atoms with Crippen molar-refractivity contribution >= 4 is 17.6 Å². The third kappa shape index (κ3) is 7.15. The molecule has 4 aromatic rings. The van der Waals surface area contributed by atoms with E-state index in [1.165, 1.54) is 4.90 Å². The van der Waals surface area contributed by atoms with E-state index in [-0.39, 0.29) is 24.3 Å². The van der Waals surface area contributed by atoms with Crippen LogP contribution in [0.15, 0.2) is 85.3 Å². The van der Waals surface area contributed by atoms with Gasteiger partial charge in [-0.25, -0.2) is 4.98 Å². The highest BCUT2D eigenvalue weighted by molar-refractivity contribution is 5.95. The van der Waals surface area contributed by atoms with Gasteiger partial charge in [0.15, 0.2) is 0 Å². The van der Waals surface area contributed by atoms with Gasteiger partial charge in [-0.3, -0.25) is 14.3 Å². The lowest BCUT2D eigenvalue weighted by Crippen LogP contribution is -2.35. The lowest BCUT2D eigenvalue weighted by atomic mass is 9.98. The second kappa shape index (κ2) is 12.6. The van der Waals surface area contributed by atoms with E-state index in [0.29, 0.717) is 17.9 Å². The van der Waals surface area contributed by atoms with Crippen LogP contribution in [-0.2, 0) is 16.1 Å². The normalized spacial score (nSPS) is 12.3. The maximum atomic E-state index is 13.4. The van der Waals surface area contributed by atoms with Gasteiger partial charge in [0.2, 0.25) is 11.8 Å². The van der Waals surface area contributed by atoms with Gasteiger partial charge in [-0.1, -0.05) is 49.4 Å². The van der Waals surface area contributed by atoms with Crippen molar-refractivity contribution in [3.8, 4) is 17.2 Å². The largest absolute Gasteiger partial charge is 0.347 e. The minimum atomic E-state index is -0.582. The maximum absolute atomic E-state index is 13.4. The van der Waals surface area contributed by atoms with E-state index in [1.54, 1.807) is 55.6 Å². The summed E-state index contributed by atoms with van der Waals surface area (Å²) >= 11 is 0. The molecule has 2 aromatic heterocycles. The van der Waals surface area contributed by atoms with Crippen molar-refractivity contribution in [2.75, 3.05) is 26.0 Å². The molecule has 9 heteroatoms. The van der Waals surface area contributed by atoms with Crippen LogP contribution in [0.4, 0.5) is 5.82 Å². The van der Waals surface area contributed by atoms with Crippen LogP contribution in [0.25, 0.3) is 11.1 Å². The Labute approximate surface area is 228 Å². The maximum Gasteiger partial charge on any atom is 0.247 e. The smallest absolute Gasteiger partial charge is 0.247 e. The van der Waals surface area contributed by atoms with Crippen molar-refractivity contribution in [2.24, 2.45) is 0 Å². The van der Waals surface area contributed by atoms with E-state index in [4.69, 9.17) is 5.26 Å². The van der Waals surface area contributed by atoms with Gasteiger partial charge in [0, 0.05) is 44.2 Å². The molecular formula is C30H31N7O2. The highest BCUT2D eigenvalue weighted by Gasteiger charge is 2.22. The second-order valence-corrected chi connectivity index (χ2v) is 9.52. The Hall–Kier alpha value is -4.81. The molecule has 0 aliphatic heterocycles. The summed E-state index contributed by atoms with van der Waals surface area (Å²) in [6.45, 7) is 2.80. The Kier molecular flexibility index (Phi) is 8.82. The fourth-order valence-corrected chi connectivity index (χ4v) is 4.02.